The molecule has 0 saturated heterocycles. The van der Waals surface area contributed by atoms with Gasteiger partial charge in [0.15, 0.2) is 11.7 Å². The van der Waals surface area contributed by atoms with Crippen molar-refractivity contribution in [1.82, 2.24) is 9.88 Å². The minimum Gasteiger partial charge on any atom is -0.497 e. The highest BCUT2D eigenvalue weighted by Gasteiger charge is 2.22. The summed E-state index contributed by atoms with van der Waals surface area (Å²) in [6.07, 6.45) is 0. The lowest BCUT2D eigenvalue weighted by Crippen LogP contribution is -2.41. The highest BCUT2D eigenvalue weighted by molar-refractivity contribution is 7.22. The van der Waals surface area contributed by atoms with E-state index < -0.39 is 0 Å². The second kappa shape index (κ2) is 11.8. The van der Waals surface area contributed by atoms with Crippen LogP contribution in [0.1, 0.15) is 13.8 Å². The van der Waals surface area contributed by atoms with Crippen molar-refractivity contribution in [1.29, 1.82) is 0 Å². The first-order chi connectivity index (χ1) is 14.5. The van der Waals surface area contributed by atoms with Crippen molar-refractivity contribution in [3.63, 3.8) is 0 Å². The van der Waals surface area contributed by atoms with E-state index in [1.54, 1.807) is 48.4 Å². The normalized spacial score (nSPS) is 10.7. The van der Waals surface area contributed by atoms with Gasteiger partial charge in [-0.25, -0.2) is 9.37 Å². The van der Waals surface area contributed by atoms with E-state index in [-0.39, 0.29) is 36.3 Å². The van der Waals surface area contributed by atoms with Gasteiger partial charge in [-0.1, -0.05) is 31.3 Å². The van der Waals surface area contributed by atoms with Crippen molar-refractivity contribution < 1.29 is 18.7 Å². The number of likely N-dealkylation sites (N-methyl/N-ethyl adjacent to an activating group) is 1. The van der Waals surface area contributed by atoms with Gasteiger partial charge in [0, 0.05) is 13.1 Å². The Kier molecular flexibility index (Phi) is 9.48. The van der Waals surface area contributed by atoms with E-state index in [1.165, 1.54) is 17.4 Å². The van der Waals surface area contributed by atoms with Crippen molar-refractivity contribution in [2.75, 3.05) is 44.8 Å². The molecule has 0 aliphatic rings. The molecule has 0 radical (unpaired) electrons. The number of anilines is 1. The van der Waals surface area contributed by atoms with Gasteiger partial charge in [-0.15, -0.1) is 12.4 Å². The molecule has 2 aromatic carbocycles. The number of aromatic nitrogens is 1. The third-order valence-corrected chi connectivity index (χ3v) is 5.89. The summed E-state index contributed by atoms with van der Waals surface area (Å²) in [6.45, 7) is 6.94. The number of fused-ring (bicyclic) bond motifs is 1. The van der Waals surface area contributed by atoms with Crippen LogP contribution in [0.5, 0.6) is 11.5 Å². The van der Waals surface area contributed by atoms with E-state index in [9.17, 15) is 9.18 Å². The SMILES string of the molecule is CCN(CC)CCN(C(=O)COc1ccc(OC)cc1)c1nc2c(F)cccc2s1.Cl. The van der Waals surface area contributed by atoms with Crippen LogP contribution in [0.4, 0.5) is 9.52 Å². The molecule has 0 aliphatic heterocycles. The monoisotopic (exact) mass is 467 g/mol. The Balaban J connectivity index is 0.00000341. The molecule has 0 spiro atoms. The van der Waals surface area contributed by atoms with Crippen LogP contribution in [0, 0.1) is 5.82 Å². The van der Waals surface area contributed by atoms with E-state index in [4.69, 9.17) is 9.47 Å². The number of nitrogens with zero attached hydrogens (tertiary/aromatic N) is 3. The van der Waals surface area contributed by atoms with Crippen LogP contribution in [0.15, 0.2) is 42.5 Å². The quantitative estimate of drug-likeness (QED) is 0.435. The zero-order valence-electron chi connectivity index (χ0n) is 17.8. The predicted octanol–water partition coefficient (Wildman–Crippen LogP) is 4.62. The van der Waals surface area contributed by atoms with Crippen LogP contribution in [0.2, 0.25) is 0 Å². The Morgan fingerprint density at radius 1 is 1.06 bits per heavy atom. The van der Waals surface area contributed by atoms with Gasteiger partial charge in [0.1, 0.15) is 22.8 Å². The summed E-state index contributed by atoms with van der Waals surface area (Å²) in [6, 6.07) is 11.9. The summed E-state index contributed by atoms with van der Waals surface area (Å²) >= 11 is 1.30. The molecule has 1 amide bonds. The Bertz CT molecular complexity index is 980. The number of carbonyl (C=O) groups excluding carboxylic acids is 1. The lowest BCUT2D eigenvalue weighted by molar-refractivity contribution is -0.120. The molecule has 3 rings (SSSR count). The minimum absolute atomic E-state index is 0. The number of halogens is 2. The van der Waals surface area contributed by atoms with Gasteiger partial charge in [0.25, 0.3) is 5.91 Å². The zero-order chi connectivity index (χ0) is 21.5. The van der Waals surface area contributed by atoms with E-state index in [0.29, 0.717) is 34.4 Å². The molecule has 6 nitrogen and oxygen atoms in total. The third kappa shape index (κ3) is 6.29. The molecule has 0 fully saturated rings. The molecule has 0 N–H and O–H groups in total. The molecule has 0 bridgehead atoms. The number of amides is 1. The summed E-state index contributed by atoms with van der Waals surface area (Å²) < 4.78 is 25.6. The van der Waals surface area contributed by atoms with E-state index in [0.717, 1.165) is 13.1 Å². The number of thiazole rings is 1. The van der Waals surface area contributed by atoms with Crippen LogP contribution in [-0.4, -0.2) is 55.7 Å². The van der Waals surface area contributed by atoms with Crippen LogP contribution < -0.4 is 14.4 Å². The fourth-order valence-corrected chi connectivity index (χ4v) is 4.05. The Labute approximate surface area is 192 Å². The topological polar surface area (TPSA) is 54.9 Å². The molecule has 1 aromatic heterocycles. The molecule has 0 atom stereocenters. The zero-order valence-corrected chi connectivity index (χ0v) is 19.5. The van der Waals surface area contributed by atoms with Gasteiger partial charge in [0.2, 0.25) is 0 Å². The highest BCUT2D eigenvalue weighted by Crippen LogP contribution is 2.30. The molecule has 0 aliphatic carbocycles. The lowest BCUT2D eigenvalue weighted by atomic mass is 10.3. The number of para-hydroxylation sites is 1. The summed E-state index contributed by atoms with van der Waals surface area (Å²) in [4.78, 5) is 21.2. The van der Waals surface area contributed by atoms with Gasteiger partial charge >= 0.3 is 0 Å². The third-order valence-electron chi connectivity index (χ3n) is 4.85. The van der Waals surface area contributed by atoms with Crippen LogP contribution in [-0.2, 0) is 4.79 Å². The van der Waals surface area contributed by atoms with Crippen molar-refractivity contribution in [3.8, 4) is 11.5 Å². The number of hydrogen-bond donors (Lipinski definition) is 0. The van der Waals surface area contributed by atoms with Crippen LogP contribution in [0.3, 0.4) is 0 Å². The van der Waals surface area contributed by atoms with Gasteiger partial charge in [-0.2, -0.15) is 0 Å². The van der Waals surface area contributed by atoms with Crippen LogP contribution in [0.25, 0.3) is 10.2 Å². The Morgan fingerprint density at radius 3 is 2.35 bits per heavy atom. The van der Waals surface area contributed by atoms with E-state index in [2.05, 4.69) is 23.7 Å². The van der Waals surface area contributed by atoms with E-state index in [1.807, 2.05) is 0 Å². The average molecular weight is 468 g/mol. The number of ether oxygens (including phenoxy) is 2. The fraction of sp³-hybridized carbons (Fsp3) is 0.364. The molecule has 168 valence electrons. The van der Waals surface area contributed by atoms with Crippen molar-refractivity contribution in [2.24, 2.45) is 0 Å². The van der Waals surface area contributed by atoms with Crippen molar-refractivity contribution in [2.45, 2.75) is 13.8 Å². The second-order valence-corrected chi connectivity index (χ2v) is 7.63. The molecular weight excluding hydrogens is 441 g/mol. The maximum absolute atomic E-state index is 14.1. The van der Waals surface area contributed by atoms with Gasteiger partial charge in [0.05, 0.1) is 11.8 Å². The Hall–Kier alpha value is -2.42. The maximum Gasteiger partial charge on any atom is 0.266 e. The van der Waals surface area contributed by atoms with Gasteiger partial charge in [-0.3, -0.25) is 9.69 Å². The molecule has 9 heteroatoms. The minimum atomic E-state index is -0.388. The number of rotatable bonds is 10. The van der Waals surface area contributed by atoms with Crippen molar-refractivity contribution >= 4 is 45.0 Å². The molecule has 0 saturated carbocycles. The predicted molar refractivity (Wildman–Crippen MR) is 125 cm³/mol. The first-order valence-corrected chi connectivity index (χ1v) is 10.7. The largest absolute Gasteiger partial charge is 0.497 e. The number of methoxy groups -OCH3 is 1. The van der Waals surface area contributed by atoms with Gasteiger partial charge < -0.3 is 14.4 Å². The molecular formula is C22H27ClFN3O3S. The number of carbonyl (C=O) groups is 1. The average Bonchev–Trinajstić information content (AvgIpc) is 3.21. The summed E-state index contributed by atoms with van der Waals surface area (Å²) in [7, 11) is 1.59. The standard InChI is InChI=1S/C22H26FN3O3S.ClH/c1-4-25(5-2)13-14-26(22-24-21-18(23)7-6-8-19(21)30-22)20(27)15-29-17-11-9-16(28-3)10-12-17;/h6-12H,4-5,13-15H2,1-3H3;1H. The summed E-state index contributed by atoms with van der Waals surface area (Å²) in [5.74, 6) is 0.673. The summed E-state index contributed by atoms with van der Waals surface area (Å²) in [5, 5.41) is 0.477. The molecule has 3 aromatic rings. The van der Waals surface area contributed by atoms with Crippen molar-refractivity contribution in [3.05, 3.63) is 48.3 Å². The first kappa shape index (κ1) is 24.8. The van der Waals surface area contributed by atoms with Gasteiger partial charge in [-0.05, 0) is 49.5 Å². The second-order valence-electron chi connectivity index (χ2n) is 6.62. The summed E-state index contributed by atoms with van der Waals surface area (Å²) in [5.41, 5.74) is 0.286. The molecule has 1 heterocycles. The smallest absolute Gasteiger partial charge is 0.266 e. The molecule has 0 unspecified atom stereocenters. The Morgan fingerprint density at radius 2 is 1.74 bits per heavy atom. The lowest BCUT2D eigenvalue weighted by Gasteiger charge is -2.24. The highest BCUT2D eigenvalue weighted by atomic mass is 35.5. The first-order valence-electron chi connectivity index (χ1n) is 9.90. The number of benzene rings is 2. The number of hydrogen-bond acceptors (Lipinski definition) is 6. The molecule has 31 heavy (non-hydrogen) atoms. The maximum atomic E-state index is 14.1. The fourth-order valence-electron chi connectivity index (χ4n) is 3.02. The van der Waals surface area contributed by atoms with E-state index >= 15 is 0 Å². The van der Waals surface area contributed by atoms with Crippen LogP contribution >= 0.6 is 23.7 Å².